The molecule has 2 aromatic carbocycles. The third-order valence-electron chi connectivity index (χ3n) is 4.46. The van der Waals surface area contributed by atoms with Gasteiger partial charge in [-0.1, -0.05) is 57.2 Å². The van der Waals surface area contributed by atoms with E-state index in [9.17, 15) is 4.79 Å². The predicted octanol–water partition coefficient (Wildman–Crippen LogP) is 4.45. The number of rotatable bonds is 7. The van der Waals surface area contributed by atoms with Gasteiger partial charge in [0.2, 0.25) is 0 Å². The molecule has 0 atom stereocenters. The van der Waals surface area contributed by atoms with Crippen molar-refractivity contribution < 1.29 is 4.79 Å². The highest BCUT2D eigenvalue weighted by Crippen LogP contribution is 2.23. The van der Waals surface area contributed by atoms with E-state index < -0.39 is 0 Å². The highest BCUT2D eigenvalue weighted by Gasteiger charge is 2.15. The number of hydrogen-bond acceptors (Lipinski definition) is 3. The van der Waals surface area contributed by atoms with Gasteiger partial charge in [-0.25, -0.2) is 0 Å². The molecule has 0 aliphatic rings. The third kappa shape index (κ3) is 6.73. The Morgan fingerprint density at radius 1 is 1.04 bits per heavy atom. The highest BCUT2D eigenvalue weighted by atomic mass is 32.1. The summed E-state index contributed by atoms with van der Waals surface area (Å²) in [7, 11) is 4.10. The van der Waals surface area contributed by atoms with Crippen molar-refractivity contribution in [1.29, 1.82) is 0 Å². The van der Waals surface area contributed by atoms with Crippen LogP contribution in [0.2, 0.25) is 0 Å². The lowest BCUT2D eigenvalue weighted by atomic mass is 9.86. The van der Waals surface area contributed by atoms with Crippen LogP contribution in [0.4, 0.5) is 5.69 Å². The minimum Gasteiger partial charge on any atom is -0.362 e. The first-order chi connectivity index (χ1) is 13.2. The van der Waals surface area contributed by atoms with Crippen LogP contribution in [-0.4, -0.2) is 43.0 Å². The van der Waals surface area contributed by atoms with E-state index >= 15 is 0 Å². The zero-order valence-electron chi connectivity index (χ0n) is 17.5. The monoisotopic (exact) mass is 397 g/mol. The second-order valence-electron chi connectivity index (χ2n) is 8.28. The SMILES string of the molecule is CN(C)CCCNC(=S)Nc1cccc(C(=O)c2ccc(C(C)(C)C)cc2)c1. The van der Waals surface area contributed by atoms with Crippen LogP contribution in [0.25, 0.3) is 0 Å². The number of ketones is 1. The molecule has 0 saturated carbocycles. The van der Waals surface area contributed by atoms with Gasteiger partial charge >= 0.3 is 0 Å². The van der Waals surface area contributed by atoms with Crippen molar-refractivity contribution in [2.45, 2.75) is 32.6 Å². The first kappa shape index (κ1) is 22.1. The Kier molecular flexibility index (Phi) is 7.72. The Morgan fingerprint density at radius 2 is 1.71 bits per heavy atom. The van der Waals surface area contributed by atoms with E-state index in [0.29, 0.717) is 16.2 Å². The fraction of sp³-hybridized carbons (Fsp3) is 0.391. The summed E-state index contributed by atoms with van der Waals surface area (Å²) < 4.78 is 0. The summed E-state index contributed by atoms with van der Waals surface area (Å²) >= 11 is 5.35. The van der Waals surface area contributed by atoms with Crippen molar-refractivity contribution in [1.82, 2.24) is 10.2 Å². The molecule has 0 unspecified atom stereocenters. The summed E-state index contributed by atoms with van der Waals surface area (Å²) in [4.78, 5) is 15.0. The number of benzene rings is 2. The fourth-order valence-corrected chi connectivity index (χ4v) is 3.02. The van der Waals surface area contributed by atoms with E-state index in [1.54, 1.807) is 0 Å². The Labute approximate surface area is 174 Å². The smallest absolute Gasteiger partial charge is 0.193 e. The second-order valence-corrected chi connectivity index (χ2v) is 8.68. The summed E-state index contributed by atoms with van der Waals surface area (Å²) in [6.45, 7) is 8.31. The van der Waals surface area contributed by atoms with E-state index in [2.05, 4.69) is 50.4 Å². The minimum absolute atomic E-state index is 0.00831. The lowest BCUT2D eigenvalue weighted by molar-refractivity contribution is 0.103. The average molecular weight is 398 g/mol. The molecule has 150 valence electrons. The van der Waals surface area contributed by atoms with Gasteiger partial charge in [0, 0.05) is 23.4 Å². The van der Waals surface area contributed by atoms with Crippen LogP contribution in [0, 0.1) is 0 Å². The molecule has 0 aliphatic carbocycles. The number of carbonyl (C=O) groups excluding carboxylic acids is 1. The summed E-state index contributed by atoms with van der Waals surface area (Å²) in [6, 6.07) is 15.3. The zero-order valence-corrected chi connectivity index (χ0v) is 18.3. The summed E-state index contributed by atoms with van der Waals surface area (Å²) in [5.41, 5.74) is 3.42. The first-order valence-corrected chi connectivity index (χ1v) is 10.0. The van der Waals surface area contributed by atoms with Crippen LogP contribution in [-0.2, 0) is 5.41 Å². The normalized spacial score (nSPS) is 11.4. The molecule has 4 nitrogen and oxygen atoms in total. The lowest BCUT2D eigenvalue weighted by Gasteiger charge is -2.19. The van der Waals surface area contributed by atoms with Crippen molar-refractivity contribution in [3.05, 3.63) is 65.2 Å². The number of carbonyl (C=O) groups is 1. The molecule has 0 aliphatic heterocycles. The van der Waals surface area contributed by atoms with Gasteiger partial charge in [-0.3, -0.25) is 4.79 Å². The Bertz CT molecular complexity index is 807. The molecular weight excluding hydrogens is 366 g/mol. The Balaban J connectivity index is 2.00. The van der Waals surface area contributed by atoms with Gasteiger partial charge in [-0.15, -0.1) is 0 Å². The lowest BCUT2D eigenvalue weighted by Crippen LogP contribution is -2.30. The standard InChI is InChI=1S/C23H31N3OS/c1-23(2,3)19-12-10-17(11-13-19)21(27)18-8-6-9-20(16-18)25-22(28)24-14-7-15-26(4)5/h6,8-13,16H,7,14-15H2,1-5H3,(H2,24,25,28). The van der Waals surface area contributed by atoms with Crippen LogP contribution in [0.15, 0.2) is 48.5 Å². The van der Waals surface area contributed by atoms with E-state index in [1.165, 1.54) is 5.56 Å². The fourth-order valence-electron chi connectivity index (χ4n) is 2.80. The van der Waals surface area contributed by atoms with Gasteiger partial charge in [-0.05, 0) is 62.4 Å². The molecule has 2 N–H and O–H groups in total. The number of hydrogen-bond donors (Lipinski definition) is 2. The molecule has 2 aromatic rings. The van der Waals surface area contributed by atoms with Gasteiger partial charge in [0.05, 0.1) is 0 Å². The molecule has 5 heteroatoms. The molecule has 0 radical (unpaired) electrons. The molecule has 0 spiro atoms. The van der Waals surface area contributed by atoms with Gasteiger partial charge in [0.1, 0.15) is 0 Å². The number of thiocarbonyl (C=S) groups is 1. The number of nitrogens with zero attached hydrogens (tertiary/aromatic N) is 1. The maximum atomic E-state index is 12.8. The van der Waals surface area contributed by atoms with Gasteiger partial charge in [0.25, 0.3) is 0 Å². The van der Waals surface area contributed by atoms with Crippen molar-refractivity contribution in [3.63, 3.8) is 0 Å². The van der Waals surface area contributed by atoms with Crippen LogP contribution in [0.5, 0.6) is 0 Å². The Morgan fingerprint density at radius 3 is 2.32 bits per heavy atom. The third-order valence-corrected chi connectivity index (χ3v) is 4.71. The quantitative estimate of drug-likeness (QED) is 0.410. The average Bonchev–Trinajstić information content (AvgIpc) is 2.64. The zero-order chi connectivity index (χ0) is 20.7. The largest absolute Gasteiger partial charge is 0.362 e. The maximum absolute atomic E-state index is 12.8. The van der Waals surface area contributed by atoms with Gasteiger partial charge in [-0.2, -0.15) is 0 Å². The Hall–Kier alpha value is -2.24. The molecule has 0 bridgehead atoms. The van der Waals surface area contributed by atoms with Crippen LogP contribution < -0.4 is 10.6 Å². The van der Waals surface area contributed by atoms with Crippen LogP contribution >= 0.6 is 12.2 Å². The number of nitrogens with one attached hydrogen (secondary N) is 2. The molecule has 0 amide bonds. The number of anilines is 1. The molecule has 2 rings (SSSR count). The summed E-state index contributed by atoms with van der Waals surface area (Å²) in [5.74, 6) is 0.00831. The molecule has 0 saturated heterocycles. The van der Waals surface area contributed by atoms with E-state index in [-0.39, 0.29) is 11.2 Å². The van der Waals surface area contributed by atoms with E-state index in [1.807, 2.05) is 48.5 Å². The minimum atomic E-state index is 0.00831. The molecule has 0 fully saturated rings. The molecular formula is C23H31N3OS. The van der Waals surface area contributed by atoms with Crippen molar-refractivity contribution in [2.75, 3.05) is 32.5 Å². The maximum Gasteiger partial charge on any atom is 0.193 e. The van der Waals surface area contributed by atoms with E-state index in [0.717, 1.165) is 25.2 Å². The molecule has 0 aromatic heterocycles. The van der Waals surface area contributed by atoms with Gasteiger partial charge < -0.3 is 15.5 Å². The highest BCUT2D eigenvalue weighted by molar-refractivity contribution is 7.80. The summed E-state index contributed by atoms with van der Waals surface area (Å²) in [6.07, 6.45) is 1.01. The van der Waals surface area contributed by atoms with Crippen LogP contribution in [0.3, 0.4) is 0 Å². The topological polar surface area (TPSA) is 44.4 Å². The first-order valence-electron chi connectivity index (χ1n) is 9.62. The van der Waals surface area contributed by atoms with Crippen molar-refractivity contribution in [3.8, 4) is 0 Å². The van der Waals surface area contributed by atoms with Crippen molar-refractivity contribution in [2.24, 2.45) is 0 Å². The second kappa shape index (κ2) is 9.80. The van der Waals surface area contributed by atoms with Crippen LogP contribution in [0.1, 0.15) is 48.7 Å². The van der Waals surface area contributed by atoms with E-state index in [4.69, 9.17) is 12.2 Å². The van der Waals surface area contributed by atoms with Gasteiger partial charge in [0.15, 0.2) is 10.9 Å². The summed E-state index contributed by atoms with van der Waals surface area (Å²) in [5, 5.41) is 6.92. The molecule has 0 heterocycles. The molecule has 28 heavy (non-hydrogen) atoms. The predicted molar refractivity (Wildman–Crippen MR) is 122 cm³/mol. The van der Waals surface area contributed by atoms with Crippen molar-refractivity contribution >= 4 is 28.8 Å².